The number of benzene rings is 2. The molecule has 2 aromatic carbocycles. The quantitative estimate of drug-likeness (QED) is 0.742. The molecule has 0 saturated heterocycles. The standard InChI is InChI=1S/C16H10N2O2/c1-10-5-4-8-14(13(10)9-17)18-15(19)11-6-2-3-7-12(11)16(18)20/h2-8H,1H3. The van der Waals surface area contributed by atoms with Crippen LogP contribution in [0.4, 0.5) is 5.69 Å². The summed E-state index contributed by atoms with van der Waals surface area (Å²) in [6.45, 7) is 1.78. The zero-order chi connectivity index (χ0) is 14.3. The molecule has 0 bridgehead atoms. The second-order valence-electron chi connectivity index (χ2n) is 4.57. The van der Waals surface area contributed by atoms with E-state index in [1.165, 1.54) is 0 Å². The molecule has 4 nitrogen and oxygen atoms in total. The molecule has 0 unspecified atom stereocenters. The van der Waals surface area contributed by atoms with E-state index >= 15 is 0 Å². The SMILES string of the molecule is Cc1cccc(N2C(=O)c3ccccc3C2=O)c1C#N. The minimum absolute atomic E-state index is 0.346. The van der Waals surface area contributed by atoms with Gasteiger partial charge in [0.05, 0.1) is 22.4 Å². The summed E-state index contributed by atoms with van der Waals surface area (Å²) in [6.07, 6.45) is 0. The summed E-state index contributed by atoms with van der Waals surface area (Å²) in [4.78, 5) is 25.8. The smallest absolute Gasteiger partial charge is 0.266 e. The molecule has 1 aliphatic heterocycles. The molecular weight excluding hydrogens is 252 g/mol. The van der Waals surface area contributed by atoms with Crippen LogP contribution in [0.2, 0.25) is 0 Å². The van der Waals surface area contributed by atoms with Crippen molar-refractivity contribution in [2.75, 3.05) is 4.90 Å². The van der Waals surface area contributed by atoms with E-state index in [0.29, 0.717) is 22.4 Å². The molecule has 0 aromatic heterocycles. The van der Waals surface area contributed by atoms with Crippen LogP contribution >= 0.6 is 0 Å². The molecule has 0 fully saturated rings. The van der Waals surface area contributed by atoms with Gasteiger partial charge in [-0.25, -0.2) is 4.90 Å². The molecule has 0 N–H and O–H groups in total. The minimum Gasteiger partial charge on any atom is -0.268 e. The number of carbonyl (C=O) groups is 2. The Morgan fingerprint density at radius 2 is 1.55 bits per heavy atom. The van der Waals surface area contributed by atoms with Crippen molar-refractivity contribution in [1.29, 1.82) is 5.26 Å². The predicted molar refractivity (Wildman–Crippen MR) is 73.5 cm³/mol. The van der Waals surface area contributed by atoms with E-state index in [9.17, 15) is 14.9 Å². The number of anilines is 1. The lowest BCUT2D eigenvalue weighted by Crippen LogP contribution is -2.30. The number of aryl methyl sites for hydroxylation is 1. The van der Waals surface area contributed by atoms with Crippen molar-refractivity contribution in [3.05, 3.63) is 64.7 Å². The lowest BCUT2D eigenvalue weighted by Gasteiger charge is -2.16. The van der Waals surface area contributed by atoms with E-state index in [2.05, 4.69) is 6.07 Å². The van der Waals surface area contributed by atoms with Gasteiger partial charge in [-0.15, -0.1) is 0 Å². The number of carbonyl (C=O) groups excluding carboxylic acids is 2. The Hall–Kier alpha value is -2.93. The second kappa shape index (κ2) is 4.32. The number of fused-ring (bicyclic) bond motifs is 1. The molecule has 0 aliphatic carbocycles. The number of nitriles is 1. The maximum atomic E-state index is 12.4. The van der Waals surface area contributed by atoms with E-state index in [4.69, 9.17) is 0 Å². The second-order valence-corrected chi connectivity index (χ2v) is 4.57. The summed E-state index contributed by atoms with van der Waals surface area (Å²) < 4.78 is 0. The molecule has 96 valence electrons. The number of imide groups is 1. The monoisotopic (exact) mass is 262 g/mol. The predicted octanol–water partition coefficient (Wildman–Crippen LogP) is 2.67. The Morgan fingerprint density at radius 3 is 2.10 bits per heavy atom. The molecule has 2 aromatic rings. The van der Waals surface area contributed by atoms with E-state index in [1.54, 1.807) is 49.4 Å². The van der Waals surface area contributed by atoms with Gasteiger partial charge < -0.3 is 0 Å². The third kappa shape index (κ3) is 1.54. The van der Waals surface area contributed by atoms with Crippen LogP contribution in [0, 0.1) is 18.3 Å². The topological polar surface area (TPSA) is 61.2 Å². The number of nitrogens with zero attached hydrogens (tertiary/aromatic N) is 2. The van der Waals surface area contributed by atoms with Crippen LogP contribution in [-0.4, -0.2) is 11.8 Å². The Bertz CT molecular complexity index is 752. The molecule has 0 spiro atoms. The molecular formula is C16H10N2O2. The molecule has 0 saturated carbocycles. The van der Waals surface area contributed by atoms with Crippen molar-refractivity contribution in [2.45, 2.75) is 6.92 Å². The van der Waals surface area contributed by atoms with Gasteiger partial charge in [0.1, 0.15) is 6.07 Å². The van der Waals surface area contributed by atoms with Crippen LogP contribution in [0.25, 0.3) is 0 Å². The molecule has 2 amide bonds. The van der Waals surface area contributed by atoms with Gasteiger partial charge in [-0.2, -0.15) is 5.26 Å². The van der Waals surface area contributed by atoms with E-state index in [0.717, 1.165) is 10.5 Å². The van der Waals surface area contributed by atoms with Gasteiger partial charge in [0.15, 0.2) is 0 Å². The Kier molecular flexibility index (Phi) is 2.62. The summed E-state index contributed by atoms with van der Waals surface area (Å²) in [6, 6.07) is 13.9. The third-order valence-corrected chi connectivity index (χ3v) is 3.40. The molecule has 4 heteroatoms. The van der Waals surface area contributed by atoms with Gasteiger partial charge in [-0.05, 0) is 30.7 Å². The maximum absolute atomic E-state index is 12.4. The van der Waals surface area contributed by atoms with Crippen LogP contribution in [-0.2, 0) is 0 Å². The Balaban J connectivity index is 2.20. The average molecular weight is 262 g/mol. The number of amides is 2. The van der Waals surface area contributed by atoms with Crippen molar-refractivity contribution >= 4 is 17.5 Å². The average Bonchev–Trinajstić information content (AvgIpc) is 2.71. The van der Waals surface area contributed by atoms with Crippen LogP contribution in [0.3, 0.4) is 0 Å². The van der Waals surface area contributed by atoms with Crippen LogP contribution < -0.4 is 4.90 Å². The van der Waals surface area contributed by atoms with Crippen molar-refractivity contribution < 1.29 is 9.59 Å². The van der Waals surface area contributed by atoms with E-state index in [1.807, 2.05) is 0 Å². The van der Waals surface area contributed by atoms with Crippen molar-refractivity contribution in [2.24, 2.45) is 0 Å². The molecule has 3 rings (SSSR count). The summed E-state index contributed by atoms with van der Waals surface area (Å²) in [7, 11) is 0. The van der Waals surface area contributed by atoms with Crippen molar-refractivity contribution in [3.63, 3.8) is 0 Å². The molecule has 1 heterocycles. The first-order valence-electron chi connectivity index (χ1n) is 6.12. The number of hydrogen-bond donors (Lipinski definition) is 0. The van der Waals surface area contributed by atoms with Crippen LogP contribution in [0.5, 0.6) is 0 Å². The summed E-state index contributed by atoms with van der Waals surface area (Å²) in [5.41, 5.74) is 2.19. The first-order chi connectivity index (χ1) is 9.65. The Labute approximate surface area is 115 Å². The zero-order valence-corrected chi connectivity index (χ0v) is 10.8. The molecule has 20 heavy (non-hydrogen) atoms. The number of hydrogen-bond acceptors (Lipinski definition) is 3. The highest BCUT2D eigenvalue weighted by molar-refractivity contribution is 6.34. The lowest BCUT2D eigenvalue weighted by molar-refractivity contribution is 0.0926. The third-order valence-electron chi connectivity index (χ3n) is 3.40. The van der Waals surface area contributed by atoms with Gasteiger partial charge in [0.2, 0.25) is 0 Å². The highest BCUT2D eigenvalue weighted by Crippen LogP contribution is 2.31. The summed E-state index contributed by atoms with van der Waals surface area (Å²) >= 11 is 0. The van der Waals surface area contributed by atoms with Crippen molar-refractivity contribution in [3.8, 4) is 6.07 Å². The lowest BCUT2D eigenvalue weighted by atomic mass is 10.1. The van der Waals surface area contributed by atoms with Gasteiger partial charge in [0, 0.05) is 0 Å². The minimum atomic E-state index is -0.382. The van der Waals surface area contributed by atoms with Gasteiger partial charge >= 0.3 is 0 Å². The Morgan fingerprint density at radius 1 is 0.950 bits per heavy atom. The first-order valence-corrected chi connectivity index (χ1v) is 6.12. The van der Waals surface area contributed by atoms with Crippen LogP contribution in [0.15, 0.2) is 42.5 Å². The molecule has 0 atom stereocenters. The fourth-order valence-corrected chi connectivity index (χ4v) is 2.39. The zero-order valence-electron chi connectivity index (χ0n) is 10.8. The first kappa shape index (κ1) is 12.1. The summed E-state index contributed by atoms with van der Waals surface area (Å²) in [5.74, 6) is -0.764. The highest BCUT2D eigenvalue weighted by atomic mass is 16.2. The largest absolute Gasteiger partial charge is 0.268 e. The van der Waals surface area contributed by atoms with Gasteiger partial charge in [0.25, 0.3) is 11.8 Å². The molecule has 0 radical (unpaired) electrons. The van der Waals surface area contributed by atoms with Crippen LogP contribution in [0.1, 0.15) is 31.8 Å². The maximum Gasteiger partial charge on any atom is 0.266 e. The fraction of sp³-hybridized carbons (Fsp3) is 0.0625. The van der Waals surface area contributed by atoms with Crippen molar-refractivity contribution in [1.82, 2.24) is 0 Å². The van der Waals surface area contributed by atoms with Gasteiger partial charge in [-0.3, -0.25) is 9.59 Å². The highest BCUT2D eigenvalue weighted by Gasteiger charge is 2.37. The van der Waals surface area contributed by atoms with E-state index in [-0.39, 0.29) is 11.8 Å². The van der Waals surface area contributed by atoms with E-state index < -0.39 is 0 Å². The van der Waals surface area contributed by atoms with Gasteiger partial charge in [-0.1, -0.05) is 24.3 Å². The molecule has 1 aliphatic rings. The fourth-order valence-electron chi connectivity index (χ4n) is 2.39. The summed E-state index contributed by atoms with van der Waals surface area (Å²) in [5, 5.41) is 9.25. The number of rotatable bonds is 1. The normalized spacial score (nSPS) is 13.3.